The van der Waals surface area contributed by atoms with Crippen LogP contribution in [0.2, 0.25) is 0 Å². The molecule has 5 nitrogen and oxygen atoms in total. The zero-order valence-corrected chi connectivity index (χ0v) is 11.1. The standard InChI is InChI=1S/C12H23NO4/c1-9-7-12(16,5-6-14)8-13(9)10(15)17-11(2,3)4/h9,14,16H,5-8H2,1-4H3/t9-,12?/m1/s1. The van der Waals surface area contributed by atoms with E-state index in [4.69, 9.17) is 9.84 Å². The van der Waals surface area contributed by atoms with Crippen molar-refractivity contribution in [2.24, 2.45) is 0 Å². The Hall–Kier alpha value is -0.810. The third kappa shape index (κ3) is 3.85. The zero-order chi connectivity index (χ0) is 13.3. The summed E-state index contributed by atoms with van der Waals surface area (Å²) in [5, 5.41) is 19.1. The molecule has 1 rings (SSSR count). The molecule has 0 aliphatic carbocycles. The maximum absolute atomic E-state index is 11.9. The van der Waals surface area contributed by atoms with E-state index in [9.17, 15) is 9.90 Å². The van der Waals surface area contributed by atoms with E-state index in [2.05, 4.69) is 0 Å². The Bertz CT molecular complexity index is 287. The van der Waals surface area contributed by atoms with Crippen LogP contribution in [0.3, 0.4) is 0 Å². The molecule has 0 spiro atoms. The van der Waals surface area contributed by atoms with Gasteiger partial charge in [-0.3, -0.25) is 0 Å². The van der Waals surface area contributed by atoms with Crippen molar-refractivity contribution in [3.63, 3.8) is 0 Å². The molecule has 1 heterocycles. The van der Waals surface area contributed by atoms with Gasteiger partial charge >= 0.3 is 6.09 Å². The summed E-state index contributed by atoms with van der Waals surface area (Å²) in [7, 11) is 0. The number of hydrogen-bond donors (Lipinski definition) is 2. The number of carbonyl (C=O) groups excluding carboxylic acids is 1. The molecule has 0 aromatic heterocycles. The van der Waals surface area contributed by atoms with Crippen molar-refractivity contribution in [3.05, 3.63) is 0 Å². The number of aliphatic hydroxyl groups is 2. The number of aliphatic hydroxyl groups excluding tert-OH is 1. The van der Waals surface area contributed by atoms with Crippen molar-refractivity contribution in [1.29, 1.82) is 0 Å². The molecule has 1 aliphatic rings. The van der Waals surface area contributed by atoms with Crippen LogP contribution in [0.15, 0.2) is 0 Å². The third-order valence-corrected chi connectivity index (χ3v) is 2.88. The molecular weight excluding hydrogens is 222 g/mol. The van der Waals surface area contributed by atoms with Crippen LogP contribution in [-0.4, -0.2) is 51.6 Å². The fraction of sp³-hybridized carbons (Fsp3) is 0.917. The summed E-state index contributed by atoms with van der Waals surface area (Å²) < 4.78 is 5.28. The SMILES string of the molecule is C[C@@H]1CC(O)(CCO)CN1C(=O)OC(C)(C)C. The predicted octanol–water partition coefficient (Wildman–Crippen LogP) is 1.13. The van der Waals surface area contributed by atoms with Gasteiger partial charge in [0.05, 0.1) is 12.1 Å². The number of ether oxygens (including phenoxy) is 1. The smallest absolute Gasteiger partial charge is 0.410 e. The van der Waals surface area contributed by atoms with Crippen LogP contribution in [0.25, 0.3) is 0 Å². The number of rotatable bonds is 2. The fourth-order valence-corrected chi connectivity index (χ4v) is 2.15. The first kappa shape index (κ1) is 14.3. The maximum Gasteiger partial charge on any atom is 0.410 e. The van der Waals surface area contributed by atoms with Gasteiger partial charge in [-0.05, 0) is 34.1 Å². The lowest BCUT2D eigenvalue weighted by molar-refractivity contribution is 0.00542. The first-order valence-electron chi connectivity index (χ1n) is 6.00. The second-order valence-corrected chi connectivity index (χ2v) is 5.86. The molecule has 1 saturated heterocycles. The molecule has 17 heavy (non-hydrogen) atoms. The van der Waals surface area contributed by atoms with Crippen LogP contribution in [-0.2, 0) is 4.74 Å². The van der Waals surface area contributed by atoms with Crippen LogP contribution < -0.4 is 0 Å². The highest BCUT2D eigenvalue weighted by molar-refractivity contribution is 5.69. The summed E-state index contributed by atoms with van der Waals surface area (Å²) in [5.41, 5.74) is -1.51. The lowest BCUT2D eigenvalue weighted by Gasteiger charge is -2.27. The van der Waals surface area contributed by atoms with E-state index in [1.807, 2.05) is 27.7 Å². The van der Waals surface area contributed by atoms with Crippen molar-refractivity contribution < 1.29 is 19.7 Å². The van der Waals surface area contributed by atoms with Crippen LogP contribution >= 0.6 is 0 Å². The first-order chi connectivity index (χ1) is 7.67. The minimum atomic E-state index is -0.981. The quantitative estimate of drug-likeness (QED) is 0.765. The third-order valence-electron chi connectivity index (χ3n) is 2.88. The van der Waals surface area contributed by atoms with Gasteiger partial charge in [0.1, 0.15) is 5.60 Å². The number of amides is 1. The van der Waals surface area contributed by atoms with Crippen LogP contribution in [0, 0.1) is 0 Å². The summed E-state index contributed by atoms with van der Waals surface area (Å²) in [5.74, 6) is 0. The second-order valence-electron chi connectivity index (χ2n) is 5.86. The van der Waals surface area contributed by atoms with Gasteiger partial charge in [0.25, 0.3) is 0 Å². The predicted molar refractivity (Wildman–Crippen MR) is 63.7 cm³/mol. The highest BCUT2D eigenvalue weighted by Crippen LogP contribution is 2.30. The number of hydrogen-bond acceptors (Lipinski definition) is 4. The Morgan fingerprint density at radius 1 is 1.53 bits per heavy atom. The minimum absolute atomic E-state index is 0.0681. The molecule has 100 valence electrons. The second kappa shape index (κ2) is 4.82. The van der Waals surface area contributed by atoms with Gasteiger partial charge in [0.2, 0.25) is 0 Å². The Balaban J connectivity index is 2.64. The van der Waals surface area contributed by atoms with Gasteiger partial charge in [-0.2, -0.15) is 0 Å². The molecule has 1 amide bonds. The van der Waals surface area contributed by atoms with E-state index in [1.165, 1.54) is 4.90 Å². The molecule has 2 atom stereocenters. The molecule has 0 bridgehead atoms. The van der Waals surface area contributed by atoms with Crippen molar-refractivity contribution in [2.75, 3.05) is 13.2 Å². The Labute approximate surface area is 102 Å². The fourth-order valence-electron chi connectivity index (χ4n) is 2.15. The normalized spacial score (nSPS) is 29.5. The minimum Gasteiger partial charge on any atom is -0.444 e. The highest BCUT2D eigenvalue weighted by atomic mass is 16.6. The van der Waals surface area contributed by atoms with E-state index in [0.717, 1.165) is 0 Å². The van der Waals surface area contributed by atoms with Gasteiger partial charge in [-0.15, -0.1) is 0 Å². The molecule has 1 unspecified atom stereocenters. The van der Waals surface area contributed by atoms with Gasteiger partial charge in [0, 0.05) is 19.1 Å². The topological polar surface area (TPSA) is 70.0 Å². The summed E-state index contributed by atoms with van der Waals surface area (Å²) in [4.78, 5) is 13.4. The number of likely N-dealkylation sites (tertiary alicyclic amines) is 1. The van der Waals surface area contributed by atoms with E-state index >= 15 is 0 Å². The van der Waals surface area contributed by atoms with E-state index in [0.29, 0.717) is 6.42 Å². The zero-order valence-electron chi connectivity index (χ0n) is 11.1. The monoisotopic (exact) mass is 245 g/mol. The lowest BCUT2D eigenvalue weighted by atomic mass is 9.97. The van der Waals surface area contributed by atoms with Crippen molar-refractivity contribution >= 4 is 6.09 Å². The number of nitrogens with zero attached hydrogens (tertiary/aromatic N) is 1. The molecule has 1 aliphatic heterocycles. The average Bonchev–Trinajstić information content (AvgIpc) is 2.39. The van der Waals surface area contributed by atoms with Gasteiger partial charge in [-0.25, -0.2) is 4.79 Å². The van der Waals surface area contributed by atoms with Crippen molar-refractivity contribution in [3.8, 4) is 0 Å². The molecule has 1 fully saturated rings. The van der Waals surface area contributed by atoms with Gasteiger partial charge < -0.3 is 19.8 Å². The first-order valence-corrected chi connectivity index (χ1v) is 6.00. The number of carbonyl (C=O) groups is 1. The Morgan fingerprint density at radius 2 is 2.12 bits per heavy atom. The summed E-state index contributed by atoms with van der Waals surface area (Å²) in [6.45, 7) is 7.46. The van der Waals surface area contributed by atoms with Crippen molar-refractivity contribution in [1.82, 2.24) is 4.90 Å². The molecule has 2 N–H and O–H groups in total. The molecule has 5 heteroatoms. The Kier molecular flexibility index (Phi) is 4.04. The van der Waals surface area contributed by atoms with E-state index < -0.39 is 17.3 Å². The summed E-state index contributed by atoms with van der Waals surface area (Å²) in [6.07, 6.45) is 0.363. The van der Waals surface area contributed by atoms with Gasteiger partial charge in [0.15, 0.2) is 0 Å². The van der Waals surface area contributed by atoms with E-state index in [-0.39, 0.29) is 25.6 Å². The highest BCUT2D eigenvalue weighted by Gasteiger charge is 2.43. The van der Waals surface area contributed by atoms with Crippen LogP contribution in [0.5, 0.6) is 0 Å². The summed E-state index contributed by atoms with van der Waals surface area (Å²) in [6, 6.07) is -0.0681. The lowest BCUT2D eigenvalue weighted by Crippen LogP contribution is -2.41. The van der Waals surface area contributed by atoms with Gasteiger partial charge in [-0.1, -0.05) is 0 Å². The largest absolute Gasteiger partial charge is 0.444 e. The maximum atomic E-state index is 11.9. The van der Waals surface area contributed by atoms with Crippen LogP contribution in [0.4, 0.5) is 4.79 Å². The molecule has 0 saturated carbocycles. The number of β-amino-alcohol motifs (C(OH)–C–C–N with tert-alkyl or cyclic N) is 1. The average molecular weight is 245 g/mol. The molecule has 0 aromatic rings. The Morgan fingerprint density at radius 3 is 2.59 bits per heavy atom. The molecular formula is C12H23NO4. The molecule has 0 radical (unpaired) electrons. The van der Waals surface area contributed by atoms with E-state index in [1.54, 1.807) is 0 Å². The molecule has 0 aromatic carbocycles. The van der Waals surface area contributed by atoms with Crippen LogP contribution in [0.1, 0.15) is 40.5 Å². The van der Waals surface area contributed by atoms with Crippen molar-refractivity contribution in [2.45, 2.75) is 57.8 Å². The summed E-state index contributed by atoms with van der Waals surface area (Å²) >= 11 is 0.